The van der Waals surface area contributed by atoms with Crippen LogP contribution >= 0.6 is 15.9 Å². The van der Waals surface area contributed by atoms with E-state index in [4.69, 9.17) is 4.74 Å². The molecule has 12 heavy (non-hydrogen) atoms. The minimum Gasteiger partial charge on any atom is -0.493 e. The normalized spacial score (nSPS) is 21.3. The van der Waals surface area contributed by atoms with Crippen LogP contribution in [0.25, 0.3) is 0 Å². The number of hydrogen-bond donors (Lipinski definition) is 1. The first kappa shape index (κ1) is 8.08. The summed E-state index contributed by atoms with van der Waals surface area (Å²) in [5.41, 5.74) is 0.893. The highest BCUT2D eigenvalue weighted by atomic mass is 79.9. The number of fused-ring (bicyclic) bond motifs is 1. The molecule has 3 heteroatoms. The monoisotopic (exact) mass is 228 g/mol. The Hall–Kier alpha value is -0.540. The molecule has 0 radical (unpaired) electrons. The van der Waals surface area contributed by atoms with E-state index in [0.29, 0.717) is 13.0 Å². The van der Waals surface area contributed by atoms with E-state index in [2.05, 4.69) is 15.9 Å². The largest absolute Gasteiger partial charge is 0.493 e. The second-order valence-electron chi connectivity index (χ2n) is 2.84. The van der Waals surface area contributed by atoms with Crippen LogP contribution in [0, 0.1) is 0 Å². The maximum Gasteiger partial charge on any atom is 0.126 e. The van der Waals surface area contributed by atoms with Crippen molar-refractivity contribution in [3.63, 3.8) is 0 Å². The number of rotatable bonds is 0. The summed E-state index contributed by atoms with van der Waals surface area (Å²) in [6.07, 6.45) is 0.330. The fourth-order valence-electron chi connectivity index (χ4n) is 1.34. The summed E-state index contributed by atoms with van der Waals surface area (Å²) in [5.74, 6) is 0.795. The molecule has 0 aliphatic carbocycles. The van der Waals surface area contributed by atoms with Crippen molar-refractivity contribution in [3.05, 3.63) is 28.2 Å². The van der Waals surface area contributed by atoms with Crippen molar-refractivity contribution in [2.24, 2.45) is 0 Å². The first-order chi connectivity index (χ1) is 5.77. The zero-order chi connectivity index (χ0) is 8.55. The van der Waals surface area contributed by atoms with E-state index in [1.165, 1.54) is 0 Å². The molecule has 0 bridgehead atoms. The van der Waals surface area contributed by atoms with E-state index in [1.807, 2.05) is 18.2 Å². The summed E-state index contributed by atoms with van der Waals surface area (Å²) in [6.45, 7) is 0.602. The molecule has 1 aliphatic heterocycles. The summed E-state index contributed by atoms with van der Waals surface area (Å²) in [7, 11) is 0. The Bertz CT molecular complexity index is 299. The van der Waals surface area contributed by atoms with Gasteiger partial charge in [0.2, 0.25) is 0 Å². The third-order valence-corrected chi connectivity index (χ3v) is 2.48. The lowest BCUT2D eigenvalue weighted by atomic mass is 10.0. The Morgan fingerprint density at radius 1 is 1.50 bits per heavy atom. The lowest BCUT2D eigenvalue weighted by Gasteiger charge is -2.21. The van der Waals surface area contributed by atoms with E-state index < -0.39 is 0 Å². The topological polar surface area (TPSA) is 29.5 Å². The van der Waals surface area contributed by atoms with Crippen LogP contribution < -0.4 is 4.74 Å². The summed E-state index contributed by atoms with van der Waals surface area (Å²) in [6, 6.07) is 5.69. The van der Waals surface area contributed by atoms with Gasteiger partial charge in [-0.3, -0.25) is 0 Å². The standard InChI is InChI=1S/C9H9BrO2/c10-6-1-2-7-8(11)3-4-12-9(7)5-6/h1-2,5,8,11H,3-4H2/t8-/m0/s1. The van der Waals surface area contributed by atoms with Gasteiger partial charge in [0.15, 0.2) is 0 Å². The van der Waals surface area contributed by atoms with Gasteiger partial charge in [0.1, 0.15) is 5.75 Å². The number of ether oxygens (including phenoxy) is 1. The van der Waals surface area contributed by atoms with Crippen molar-refractivity contribution < 1.29 is 9.84 Å². The Balaban J connectivity index is 2.46. The van der Waals surface area contributed by atoms with Gasteiger partial charge in [-0.05, 0) is 12.1 Å². The second-order valence-corrected chi connectivity index (χ2v) is 3.75. The summed E-state index contributed by atoms with van der Waals surface area (Å²) in [4.78, 5) is 0. The molecule has 0 amide bonds. The predicted octanol–water partition coefficient (Wildman–Crippen LogP) is 2.26. The summed E-state index contributed by atoms with van der Waals surface area (Å²) >= 11 is 3.35. The lowest BCUT2D eigenvalue weighted by Crippen LogP contribution is -2.13. The predicted molar refractivity (Wildman–Crippen MR) is 49.2 cm³/mol. The van der Waals surface area contributed by atoms with Gasteiger partial charge in [-0.15, -0.1) is 0 Å². The molecule has 1 aromatic rings. The van der Waals surface area contributed by atoms with Gasteiger partial charge in [0, 0.05) is 16.5 Å². The molecule has 0 saturated heterocycles. The smallest absolute Gasteiger partial charge is 0.126 e. The molecule has 64 valence electrons. The van der Waals surface area contributed by atoms with Crippen molar-refractivity contribution >= 4 is 15.9 Å². The average molecular weight is 229 g/mol. The van der Waals surface area contributed by atoms with Gasteiger partial charge >= 0.3 is 0 Å². The summed E-state index contributed by atoms with van der Waals surface area (Å²) in [5, 5.41) is 9.56. The van der Waals surface area contributed by atoms with E-state index in [-0.39, 0.29) is 6.10 Å². The molecule has 0 fully saturated rings. The molecule has 1 heterocycles. The SMILES string of the molecule is O[C@H]1CCOc2cc(Br)ccc21. The molecule has 1 aliphatic rings. The first-order valence-corrected chi connectivity index (χ1v) is 4.67. The number of hydrogen-bond acceptors (Lipinski definition) is 2. The highest BCUT2D eigenvalue weighted by molar-refractivity contribution is 9.10. The minimum atomic E-state index is -0.359. The van der Waals surface area contributed by atoms with Crippen LogP contribution in [0.3, 0.4) is 0 Å². The van der Waals surface area contributed by atoms with E-state index in [9.17, 15) is 5.11 Å². The van der Waals surface area contributed by atoms with Crippen LogP contribution in [0.15, 0.2) is 22.7 Å². The van der Waals surface area contributed by atoms with Gasteiger partial charge in [0.05, 0.1) is 12.7 Å². The lowest BCUT2D eigenvalue weighted by molar-refractivity contribution is 0.115. The molecular formula is C9H9BrO2. The Labute approximate surface area is 79.3 Å². The first-order valence-electron chi connectivity index (χ1n) is 3.87. The molecule has 1 aromatic carbocycles. The van der Waals surface area contributed by atoms with E-state index in [0.717, 1.165) is 15.8 Å². The van der Waals surface area contributed by atoms with Crippen molar-refractivity contribution in [1.82, 2.24) is 0 Å². The number of halogens is 1. The maximum atomic E-state index is 9.56. The molecule has 2 nitrogen and oxygen atoms in total. The molecule has 0 spiro atoms. The van der Waals surface area contributed by atoms with E-state index >= 15 is 0 Å². The molecular weight excluding hydrogens is 220 g/mol. The number of benzene rings is 1. The highest BCUT2D eigenvalue weighted by Crippen LogP contribution is 2.33. The zero-order valence-electron chi connectivity index (χ0n) is 6.46. The molecule has 0 saturated carbocycles. The van der Waals surface area contributed by atoms with Crippen molar-refractivity contribution in [2.75, 3.05) is 6.61 Å². The zero-order valence-corrected chi connectivity index (χ0v) is 8.04. The highest BCUT2D eigenvalue weighted by Gasteiger charge is 2.18. The molecule has 1 atom stereocenters. The fraction of sp³-hybridized carbons (Fsp3) is 0.333. The minimum absolute atomic E-state index is 0.359. The number of aliphatic hydroxyl groups is 1. The second kappa shape index (κ2) is 3.07. The van der Waals surface area contributed by atoms with Crippen LogP contribution in [0.1, 0.15) is 18.1 Å². The Kier molecular flexibility index (Phi) is 2.07. The van der Waals surface area contributed by atoms with Crippen molar-refractivity contribution in [2.45, 2.75) is 12.5 Å². The fourth-order valence-corrected chi connectivity index (χ4v) is 1.68. The quantitative estimate of drug-likeness (QED) is 0.739. The van der Waals surface area contributed by atoms with Gasteiger partial charge in [-0.1, -0.05) is 22.0 Å². The van der Waals surface area contributed by atoms with Crippen LogP contribution in [0.2, 0.25) is 0 Å². The third kappa shape index (κ3) is 1.34. The third-order valence-electron chi connectivity index (χ3n) is 1.98. The van der Waals surface area contributed by atoms with Crippen LogP contribution in [0.4, 0.5) is 0 Å². The summed E-state index contributed by atoms with van der Waals surface area (Å²) < 4.78 is 6.37. The number of aliphatic hydroxyl groups excluding tert-OH is 1. The average Bonchev–Trinajstić information content (AvgIpc) is 2.04. The van der Waals surface area contributed by atoms with Crippen LogP contribution in [0.5, 0.6) is 5.75 Å². The van der Waals surface area contributed by atoms with Gasteiger partial charge in [-0.2, -0.15) is 0 Å². The van der Waals surface area contributed by atoms with Crippen molar-refractivity contribution in [3.8, 4) is 5.75 Å². The molecule has 0 aromatic heterocycles. The van der Waals surface area contributed by atoms with Gasteiger partial charge in [0.25, 0.3) is 0 Å². The molecule has 1 N–H and O–H groups in total. The van der Waals surface area contributed by atoms with Crippen LogP contribution in [-0.2, 0) is 0 Å². The Morgan fingerprint density at radius 3 is 3.17 bits per heavy atom. The maximum absolute atomic E-state index is 9.56. The Morgan fingerprint density at radius 2 is 2.33 bits per heavy atom. The van der Waals surface area contributed by atoms with E-state index in [1.54, 1.807) is 0 Å². The van der Waals surface area contributed by atoms with Crippen LogP contribution in [-0.4, -0.2) is 11.7 Å². The molecule has 2 rings (SSSR count). The molecule has 0 unspecified atom stereocenters. The van der Waals surface area contributed by atoms with Gasteiger partial charge in [-0.25, -0.2) is 0 Å². The van der Waals surface area contributed by atoms with Gasteiger partial charge < -0.3 is 9.84 Å². The van der Waals surface area contributed by atoms with Crippen molar-refractivity contribution in [1.29, 1.82) is 0 Å².